The van der Waals surface area contributed by atoms with Crippen LogP contribution in [0.3, 0.4) is 0 Å². The summed E-state index contributed by atoms with van der Waals surface area (Å²) in [6.07, 6.45) is 15.3. The minimum absolute atomic E-state index is 1.33. The second-order valence-electron chi connectivity index (χ2n) is 5.22. The Hall–Kier alpha value is -1.98. The summed E-state index contributed by atoms with van der Waals surface area (Å²) >= 11 is 0. The molecular formula is C16H26O6. The number of rotatable bonds is 1. The van der Waals surface area contributed by atoms with Crippen LogP contribution in [0.1, 0.15) is 64.2 Å². The molecule has 0 saturated heterocycles. The highest BCUT2D eigenvalue weighted by atomic mass is 16.6. The third-order valence-electron chi connectivity index (χ3n) is 3.49. The second kappa shape index (κ2) is 12.7. The number of carboxylic acid groups (broad SMARTS) is 4. The summed E-state index contributed by atoms with van der Waals surface area (Å²) in [4.78, 5) is 17.1. The minimum Gasteiger partial charge on any atom is -0.450 e. The van der Waals surface area contributed by atoms with E-state index in [0.717, 1.165) is 0 Å². The summed E-state index contributed by atoms with van der Waals surface area (Å²) in [5.41, 5.74) is 3.40. The molecule has 0 aromatic heterocycles. The number of allylic oxidation sites excluding steroid dienone is 4. The molecule has 0 amide bonds. The molecule has 6 heteroatoms. The summed E-state index contributed by atoms with van der Waals surface area (Å²) in [7, 11) is 0. The molecule has 0 aliphatic heterocycles. The molecule has 0 aromatic carbocycles. The fourth-order valence-corrected chi connectivity index (χ4v) is 2.61. The average molecular weight is 314 g/mol. The van der Waals surface area contributed by atoms with E-state index in [-0.39, 0.29) is 0 Å². The third kappa shape index (κ3) is 13.0. The highest BCUT2D eigenvalue weighted by Crippen LogP contribution is 2.29. The van der Waals surface area contributed by atoms with E-state index in [0.29, 0.717) is 0 Å². The smallest absolute Gasteiger partial charge is 0.450 e. The van der Waals surface area contributed by atoms with Crippen LogP contribution in [0.4, 0.5) is 9.59 Å². The first-order chi connectivity index (χ1) is 10.4. The van der Waals surface area contributed by atoms with Gasteiger partial charge in [0.05, 0.1) is 0 Å². The van der Waals surface area contributed by atoms with E-state index in [4.69, 9.17) is 30.0 Å². The molecule has 0 radical (unpaired) electrons. The van der Waals surface area contributed by atoms with Crippen molar-refractivity contribution in [2.45, 2.75) is 64.2 Å². The van der Waals surface area contributed by atoms with Gasteiger partial charge in [-0.3, -0.25) is 0 Å². The van der Waals surface area contributed by atoms with Gasteiger partial charge < -0.3 is 20.4 Å². The van der Waals surface area contributed by atoms with E-state index >= 15 is 0 Å². The quantitative estimate of drug-likeness (QED) is 0.528. The number of hydrogen-bond donors (Lipinski definition) is 4. The fourth-order valence-electron chi connectivity index (χ4n) is 2.61. The molecule has 0 bridgehead atoms. The molecule has 0 aromatic rings. The lowest BCUT2D eigenvalue weighted by molar-refractivity contribution is 0.135. The summed E-state index contributed by atoms with van der Waals surface area (Å²) in [6.45, 7) is 0. The maximum Gasteiger partial charge on any atom is 0.503 e. The van der Waals surface area contributed by atoms with E-state index < -0.39 is 12.3 Å². The molecule has 0 atom stereocenters. The van der Waals surface area contributed by atoms with Crippen LogP contribution < -0.4 is 0 Å². The first-order valence-corrected chi connectivity index (χ1v) is 7.65. The molecule has 2 aliphatic rings. The van der Waals surface area contributed by atoms with Crippen molar-refractivity contribution in [3.8, 4) is 0 Å². The second-order valence-corrected chi connectivity index (χ2v) is 5.22. The van der Waals surface area contributed by atoms with Gasteiger partial charge in [-0.05, 0) is 62.5 Å². The van der Waals surface area contributed by atoms with Crippen LogP contribution in [0.25, 0.3) is 0 Å². The fraction of sp³-hybridized carbons (Fsp3) is 0.625. The topological polar surface area (TPSA) is 115 Å². The number of hydrogen-bond acceptors (Lipinski definition) is 2. The van der Waals surface area contributed by atoms with Crippen molar-refractivity contribution in [1.29, 1.82) is 0 Å². The molecule has 4 N–H and O–H groups in total. The van der Waals surface area contributed by atoms with Gasteiger partial charge in [-0.2, -0.15) is 0 Å². The Morgan fingerprint density at radius 3 is 1.27 bits per heavy atom. The maximum atomic E-state index is 8.56. The largest absolute Gasteiger partial charge is 0.503 e. The van der Waals surface area contributed by atoms with Crippen molar-refractivity contribution >= 4 is 12.3 Å². The van der Waals surface area contributed by atoms with Crippen molar-refractivity contribution in [3.63, 3.8) is 0 Å². The van der Waals surface area contributed by atoms with Gasteiger partial charge in [-0.1, -0.05) is 25.0 Å². The lowest BCUT2D eigenvalue weighted by Gasteiger charge is -2.09. The van der Waals surface area contributed by atoms with Crippen molar-refractivity contribution in [2.24, 2.45) is 0 Å². The molecule has 0 heterocycles. The van der Waals surface area contributed by atoms with Gasteiger partial charge in [-0.15, -0.1) is 0 Å². The molecule has 0 unspecified atom stereocenters. The first kappa shape index (κ1) is 20.0. The zero-order chi connectivity index (χ0) is 16.8. The van der Waals surface area contributed by atoms with Crippen molar-refractivity contribution in [1.82, 2.24) is 0 Å². The van der Waals surface area contributed by atoms with Crippen LogP contribution in [0.2, 0.25) is 0 Å². The van der Waals surface area contributed by atoms with Gasteiger partial charge in [0, 0.05) is 0 Å². The molecule has 22 heavy (non-hydrogen) atoms. The molecule has 0 spiro atoms. The van der Waals surface area contributed by atoms with Crippen LogP contribution >= 0.6 is 0 Å². The predicted molar refractivity (Wildman–Crippen MR) is 83.6 cm³/mol. The highest BCUT2D eigenvalue weighted by molar-refractivity contribution is 5.53. The summed E-state index contributed by atoms with van der Waals surface area (Å²) in [6, 6.07) is 0. The van der Waals surface area contributed by atoms with Crippen LogP contribution in [0, 0.1) is 0 Å². The molecule has 2 aliphatic carbocycles. The summed E-state index contributed by atoms with van der Waals surface area (Å²) < 4.78 is 0. The van der Waals surface area contributed by atoms with Gasteiger partial charge in [-0.25, -0.2) is 9.59 Å². The van der Waals surface area contributed by atoms with E-state index in [1.54, 1.807) is 11.1 Å². The van der Waals surface area contributed by atoms with E-state index in [1.807, 2.05) is 0 Å². The monoisotopic (exact) mass is 314 g/mol. The first-order valence-electron chi connectivity index (χ1n) is 7.65. The Balaban J connectivity index is 0.000000464. The molecule has 126 valence electrons. The van der Waals surface area contributed by atoms with Crippen molar-refractivity contribution in [3.05, 3.63) is 23.3 Å². The van der Waals surface area contributed by atoms with Gasteiger partial charge in [0.25, 0.3) is 0 Å². The van der Waals surface area contributed by atoms with Crippen molar-refractivity contribution < 1.29 is 30.0 Å². The summed E-state index contributed by atoms with van der Waals surface area (Å²) in [5.74, 6) is 0. The van der Waals surface area contributed by atoms with Gasteiger partial charge in [0.1, 0.15) is 0 Å². The normalized spacial score (nSPS) is 17.8. The SMILES string of the molecule is C1=C(C2=CCCCCC2)CCCCC1.O=C(O)O.O=C(O)O. The van der Waals surface area contributed by atoms with Crippen molar-refractivity contribution in [2.75, 3.05) is 0 Å². The Bertz CT molecular complexity index is 351. The molecule has 2 rings (SSSR count). The highest BCUT2D eigenvalue weighted by Gasteiger charge is 2.09. The van der Waals surface area contributed by atoms with Gasteiger partial charge >= 0.3 is 12.3 Å². The van der Waals surface area contributed by atoms with Crippen LogP contribution in [-0.4, -0.2) is 32.7 Å². The Kier molecular flexibility index (Phi) is 11.6. The third-order valence-corrected chi connectivity index (χ3v) is 3.49. The molecule has 6 nitrogen and oxygen atoms in total. The molecular weight excluding hydrogens is 288 g/mol. The van der Waals surface area contributed by atoms with E-state index in [9.17, 15) is 0 Å². The van der Waals surface area contributed by atoms with Gasteiger partial charge in [0.15, 0.2) is 0 Å². The van der Waals surface area contributed by atoms with E-state index in [1.165, 1.54) is 64.2 Å². The number of carbonyl (C=O) groups is 2. The van der Waals surface area contributed by atoms with Crippen LogP contribution in [0.5, 0.6) is 0 Å². The minimum atomic E-state index is -1.83. The zero-order valence-electron chi connectivity index (χ0n) is 12.8. The Labute approximate surface area is 130 Å². The Morgan fingerprint density at radius 2 is 0.955 bits per heavy atom. The van der Waals surface area contributed by atoms with Crippen LogP contribution in [0.15, 0.2) is 23.3 Å². The lowest BCUT2D eigenvalue weighted by atomic mass is 9.97. The summed E-state index contributed by atoms with van der Waals surface area (Å²) in [5, 5.41) is 27.9. The zero-order valence-corrected chi connectivity index (χ0v) is 12.8. The average Bonchev–Trinajstić information content (AvgIpc) is 2.82. The van der Waals surface area contributed by atoms with Crippen LogP contribution in [-0.2, 0) is 0 Å². The predicted octanol–water partition coefficient (Wildman–Crippen LogP) is 5.21. The maximum absolute atomic E-state index is 8.56. The Morgan fingerprint density at radius 1 is 0.636 bits per heavy atom. The molecule has 0 fully saturated rings. The van der Waals surface area contributed by atoms with E-state index in [2.05, 4.69) is 12.2 Å². The van der Waals surface area contributed by atoms with Gasteiger partial charge in [0.2, 0.25) is 0 Å². The standard InChI is InChI=1S/C14H22.2CH2O3/c1-2-6-10-13(9-5-1)14-11-7-3-4-8-12-14;2*2-1(3)4/h9,11H,1-8,10,12H2;2*(H2,2,3,4). The molecule has 0 saturated carbocycles. The lowest BCUT2D eigenvalue weighted by Crippen LogP contribution is -1.89.